The topological polar surface area (TPSA) is 97.1 Å². The summed E-state index contributed by atoms with van der Waals surface area (Å²) in [5.74, 6) is -1.70. The lowest BCUT2D eigenvalue weighted by molar-refractivity contribution is 0.0696. The number of carbonyl (C=O) groups is 2. The molecule has 0 bridgehead atoms. The molecule has 7 nitrogen and oxygen atoms in total. The minimum atomic E-state index is -1.01. The normalized spacial score (nSPS) is 12.0. The molecule has 0 saturated heterocycles. The van der Waals surface area contributed by atoms with Crippen LogP contribution in [0.15, 0.2) is 103 Å². The van der Waals surface area contributed by atoms with Crippen molar-refractivity contribution in [1.29, 1.82) is 0 Å². The predicted molar refractivity (Wildman–Crippen MR) is 155 cm³/mol. The molecule has 0 spiro atoms. The quantitative estimate of drug-likeness (QED) is 0.235. The van der Waals surface area contributed by atoms with Crippen LogP contribution in [0.3, 0.4) is 0 Å². The number of aromatic carboxylic acids is 1. The van der Waals surface area contributed by atoms with Gasteiger partial charge in [0.05, 0.1) is 23.7 Å². The average molecular weight is 545 g/mol. The molecule has 41 heavy (non-hydrogen) atoms. The molecule has 0 aliphatic rings. The highest BCUT2D eigenvalue weighted by Crippen LogP contribution is 2.29. The minimum absolute atomic E-state index is 0.171. The van der Waals surface area contributed by atoms with Gasteiger partial charge in [-0.3, -0.25) is 4.79 Å². The van der Waals surface area contributed by atoms with Gasteiger partial charge >= 0.3 is 5.97 Å². The first-order valence-electron chi connectivity index (χ1n) is 13.1. The lowest BCUT2D eigenvalue weighted by atomic mass is 10.00. The van der Waals surface area contributed by atoms with Gasteiger partial charge in [-0.15, -0.1) is 5.10 Å². The lowest BCUT2D eigenvalue weighted by Crippen LogP contribution is -2.27. The van der Waals surface area contributed by atoms with Crippen LogP contribution in [0.1, 0.15) is 44.8 Å². The van der Waals surface area contributed by atoms with Gasteiger partial charge in [-0.2, -0.15) is 0 Å². The van der Waals surface area contributed by atoms with E-state index < -0.39 is 12.0 Å². The Morgan fingerprint density at radius 1 is 0.878 bits per heavy atom. The zero-order chi connectivity index (χ0) is 28.5. The molecule has 0 saturated carbocycles. The molecule has 2 N–H and O–H groups in total. The molecule has 0 fully saturated rings. The highest BCUT2D eigenvalue weighted by molar-refractivity contribution is 6.06. The van der Waals surface area contributed by atoms with Crippen molar-refractivity contribution in [3.8, 4) is 11.1 Å². The van der Waals surface area contributed by atoms with Gasteiger partial charge in [-0.05, 0) is 82.4 Å². The Morgan fingerprint density at radius 2 is 1.61 bits per heavy atom. The van der Waals surface area contributed by atoms with Gasteiger partial charge in [0.25, 0.3) is 5.91 Å². The third-order valence-electron chi connectivity index (χ3n) is 7.18. The number of rotatable bonds is 7. The second-order valence-electron chi connectivity index (χ2n) is 9.95. The Balaban J connectivity index is 1.39. The van der Waals surface area contributed by atoms with Crippen LogP contribution in [0.5, 0.6) is 0 Å². The number of aromatic nitrogens is 3. The van der Waals surface area contributed by atoms with Crippen LogP contribution in [-0.2, 0) is 6.54 Å². The van der Waals surface area contributed by atoms with Crippen LogP contribution in [-0.4, -0.2) is 32.0 Å². The second kappa shape index (κ2) is 10.7. The van der Waals surface area contributed by atoms with Crippen molar-refractivity contribution < 1.29 is 19.1 Å². The van der Waals surface area contributed by atoms with E-state index >= 15 is 0 Å². The minimum Gasteiger partial charge on any atom is -0.478 e. The summed E-state index contributed by atoms with van der Waals surface area (Å²) in [5, 5.41) is 23.3. The van der Waals surface area contributed by atoms with Crippen LogP contribution in [0.2, 0.25) is 0 Å². The number of fused-ring (bicyclic) bond motifs is 2. The Hall–Kier alpha value is -5.37. The number of carboxylic acid groups (broad SMARTS) is 1. The zero-order valence-electron chi connectivity index (χ0n) is 22.1. The Labute approximate surface area is 234 Å². The van der Waals surface area contributed by atoms with E-state index in [2.05, 4.69) is 39.9 Å². The van der Waals surface area contributed by atoms with Gasteiger partial charge in [-0.1, -0.05) is 65.9 Å². The van der Waals surface area contributed by atoms with Gasteiger partial charge < -0.3 is 10.4 Å². The van der Waals surface area contributed by atoms with Crippen molar-refractivity contribution in [3.63, 3.8) is 0 Å². The van der Waals surface area contributed by atoms with Crippen molar-refractivity contribution in [2.75, 3.05) is 0 Å². The van der Waals surface area contributed by atoms with Crippen molar-refractivity contribution in [2.45, 2.75) is 19.5 Å². The molecular weight excluding hydrogens is 519 g/mol. The molecule has 0 aliphatic carbocycles. The van der Waals surface area contributed by atoms with Crippen LogP contribution >= 0.6 is 0 Å². The first-order chi connectivity index (χ1) is 19.9. The predicted octanol–water partition coefficient (Wildman–Crippen LogP) is 6.63. The van der Waals surface area contributed by atoms with Crippen molar-refractivity contribution in [1.82, 2.24) is 20.3 Å². The van der Waals surface area contributed by atoms with Gasteiger partial charge in [0.15, 0.2) is 0 Å². The van der Waals surface area contributed by atoms with Crippen LogP contribution < -0.4 is 5.32 Å². The number of halogens is 1. The Kier molecular flexibility index (Phi) is 6.73. The largest absolute Gasteiger partial charge is 0.478 e. The first-order valence-corrected chi connectivity index (χ1v) is 13.1. The summed E-state index contributed by atoms with van der Waals surface area (Å²) in [7, 11) is 0. The number of carbonyl (C=O) groups excluding carboxylic acids is 1. The molecule has 6 aromatic rings. The van der Waals surface area contributed by atoms with Crippen molar-refractivity contribution >= 4 is 33.7 Å². The van der Waals surface area contributed by atoms with E-state index in [1.165, 1.54) is 24.3 Å². The molecule has 1 heterocycles. The van der Waals surface area contributed by atoms with E-state index in [4.69, 9.17) is 0 Å². The monoisotopic (exact) mass is 544 g/mol. The number of nitrogens with one attached hydrogen (secondary N) is 1. The summed E-state index contributed by atoms with van der Waals surface area (Å²) >= 11 is 0. The number of benzene rings is 5. The molecule has 1 aromatic heterocycles. The fourth-order valence-electron chi connectivity index (χ4n) is 4.99. The molecule has 8 heteroatoms. The summed E-state index contributed by atoms with van der Waals surface area (Å²) < 4.78 is 15.3. The average Bonchev–Trinajstić information content (AvgIpc) is 3.39. The van der Waals surface area contributed by atoms with Crippen LogP contribution in [0, 0.1) is 5.82 Å². The Morgan fingerprint density at radius 3 is 2.34 bits per heavy atom. The third-order valence-corrected chi connectivity index (χ3v) is 7.18. The highest BCUT2D eigenvalue weighted by atomic mass is 19.1. The SMILES string of the molecule is C[C@H](NC(=O)c1cc(-c2ccc(F)cc2)cc2nnn(Cc3ccc4ccccc4c3)c12)c1ccc(C(=O)O)cc1. The first kappa shape index (κ1) is 25.9. The summed E-state index contributed by atoms with van der Waals surface area (Å²) in [4.78, 5) is 25.0. The fourth-order valence-corrected chi connectivity index (χ4v) is 4.99. The van der Waals surface area contributed by atoms with Crippen LogP contribution in [0.25, 0.3) is 32.9 Å². The molecule has 0 unspecified atom stereocenters. The number of hydrogen-bond acceptors (Lipinski definition) is 4. The summed E-state index contributed by atoms with van der Waals surface area (Å²) in [6.07, 6.45) is 0. The molecule has 0 aliphatic heterocycles. The highest BCUT2D eigenvalue weighted by Gasteiger charge is 2.21. The standard InChI is InChI=1S/C33H25FN4O3/c1-20(22-8-10-25(11-9-22)33(40)41)35-32(39)29-17-27(24-12-14-28(34)15-13-24)18-30-31(29)38(37-36-30)19-21-6-7-23-4-2-3-5-26(23)16-21/h2-18,20H,19H2,1H3,(H,35,39)(H,40,41)/t20-/m0/s1. The van der Waals surface area contributed by atoms with Gasteiger partial charge in [0, 0.05) is 0 Å². The molecule has 0 radical (unpaired) electrons. The molecule has 6 rings (SSSR count). The maximum atomic E-state index is 13.8. The van der Waals surface area contributed by atoms with Gasteiger partial charge in [0.1, 0.15) is 16.9 Å². The van der Waals surface area contributed by atoms with Gasteiger partial charge in [0.2, 0.25) is 0 Å². The summed E-state index contributed by atoms with van der Waals surface area (Å²) in [6, 6.07) is 29.9. The van der Waals surface area contributed by atoms with Crippen molar-refractivity contribution in [3.05, 3.63) is 131 Å². The van der Waals surface area contributed by atoms with Crippen molar-refractivity contribution in [2.24, 2.45) is 0 Å². The number of amides is 1. The smallest absolute Gasteiger partial charge is 0.335 e. The van der Waals surface area contributed by atoms with Gasteiger partial charge in [-0.25, -0.2) is 13.9 Å². The van der Waals surface area contributed by atoms with E-state index in [1.54, 1.807) is 35.0 Å². The molecule has 1 atom stereocenters. The third kappa shape index (κ3) is 5.27. The molecular formula is C33H25FN4O3. The molecule has 5 aromatic carbocycles. The second-order valence-corrected chi connectivity index (χ2v) is 9.95. The summed E-state index contributed by atoms with van der Waals surface area (Å²) in [6.45, 7) is 2.24. The van der Waals surface area contributed by atoms with E-state index in [-0.39, 0.29) is 17.3 Å². The lowest BCUT2D eigenvalue weighted by Gasteiger charge is -2.16. The maximum Gasteiger partial charge on any atom is 0.335 e. The molecule has 1 amide bonds. The fraction of sp³-hybridized carbons (Fsp3) is 0.0909. The van der Waals surface area contributed by atoms with E-state index in [9.17, 15) is 19.1 Å². The maximum absolute atomic E-state index is 13.8. The zero-order valence-corrected chi connectivity index (χ0v) is 22.1. The number of nitrogens with zero attached hydrogens (tertiary/aromatic N) is 3. The van der Waals surface area contributed by atoms with E-state index in [1.807, 2.05) is 31.2 Å². The number of carboxylic acids is 1. The molecule has 202 valence electrons. The number of hydrogen-bond donors (Lipinski definition) is 2. The van der Waals surface area contributed by atoms with E-state index in [0.717, 1.165) is 27.5 Å². The Bertz CT molecular complexity index is 1910. The van der Waals surface area contributed by atoms with E-state index in [0.29, 0.717) is 28.7 Å². The summed E-state index contributed by atoms with van der Waals surface area (Å²) in [5.41, 5.74) is 4.88. The van der Waals surface area contributed by atoms with Crippen LogP contribution in [0.4, 0.5) is 4.39 Å².